The van der Waals surface area contributed by atoms with Gasteiger partial charge in [-0.05, 0) is 99.7 Å². The van der Waals surface area contributed by atoms with E-state index in [0.717, 1.165) is 50.0 Å². The molecule has 8 rings (SSSR count). The van der Waals surface area contributed by atoms with Crippen LogP contribution in [0.3, 0.4) is 0 Å². The predicted molar refractivity (Wildman–Crippen MR) is 175 cm³/mol. The molecule has 4 aliphatic heterocycles. The average molecular weight is 638 g/mol. The average Bonchev–Trinajstić information content (AvgIpc) is 3.62. The molecule has 1 aromatic heterocycles. The minimum absolute atomic E-state index is 0.0386. The van der Waals surface area contributed by atoms with Crippen molar-refractivity contribution in [3.05, 3.63) is 95.3 Å². The molecule has 3 aromatic carbocycles. The van der Waals surface area contributed by atoms with E-state index < -0.39 is 15.9 Å². The highest BCUT2D eigenvalue weighted by Gasteiger charge is 2.44. The Labute approximate surface area is 269 Å². The molecule has 10 heteroatoms. The molecule has 46 heavy (non-hydrogen) atoms. The van der Waals surface area contributed by atoms with Gasteiger partial charge in [0.1, 0.15) is 10.7 Å². The minimum atomic E-state index is -3.93. The van der Waals surface area contributed by atoms with Crippen LogP contribution in [0, 0.1) is 6.92 Å². The summed E-state index contributed by atoms with van der Waals surface area (Å²) in [5, 5.41) is 0. The zero-order chi connectivity index (χ0) is 31.6. The van der Waals surface area contributed by atoms with Crippen molar-refractivity contribution in [2.75, 3.05) is 19.6 Å². The van der Waals surface area contributed by atoms with Crippen molar-refractivity contribution in [1.29, 1.82) is 0 Å². The maximum absolute atomic E-state index is 13.6. The number of nitrogens with one attached hydrogen (secondary N) is 1. The first-order chi connectivity index (χ1) is 22.2. The summed E-state index contributed by atoms with van der Waals surface area (Å²) in [5.74, 6) is 0.263. The van der Waals surface area contributed by atoms with Crippen LogP contribution < -0.4 is 4.72 Å². The maximum Gasteiger partial charge on any atom is 0.266 e. The van der Waals surface area contributed by atoms with Crippen LogP contribution >= 0.6 is 0 Å². The first-order valence-corrected chi connectivity index (χ1v) is 18.0. The smallest absolute Gasteiger partial charge is 0.266 e. The number of carbonyl (C=O) groups is 2. The number of nitrogens with zero attached hydrogens (tertiary/aromatic N) is 4. The van der Waals surface area contributed by atoms with Crippen molar-refractivity contribution in [3.8, 4) is 0 Å². The van der Waals surface area contributed by atoms with E-state index in [1.807, 2.05) is 9.62 Å². The van der Waals surface area contributed by atoms with Crippen LogP contribution in [0.15, 0.2) is 77.7 Å². The van der Waals surface area contributed by atoms with Gasteiger partial charge < -0.3 is 9.47 Å². The van der Waals surface area contributed by atoms with E-state index in [1.54, 1.807) is 6.07 Å². The normalized spacial score (nSPS) is 25.0. The van der Waals surface area contributed by atoms with Crippen molar-refractivity contribution in [1.82, 2.24) is 24.1 Å². The number of para-hydroxylation sites is 2. The summed E-state index contributed by atoms with van der Waals surface area (Å²) >= 11 is 0. The molecule has 5 heterocycles. The van der Waals surface area contributed by atoms with Gasteiger partial charge in [0, 0.05) is 36.8 Å². The Morgan fingerprint density at radius 2 is 1.63 bits per heavy atom. The second-order valence-electron chi connectivity index (χ2n) is 13.6. The van der Waals surface area contributed by atoms with Crippen LogP contribution in [0.1, 0.15) is 83.1 Å². The molecule has 0 saturated carbocycles. The highest BCUT2D eigenvalue weighted by molar-refractivity contribution is 7.90. The number of hydrogen-bond acceptors (Lipinski definition) is 6. The predicted octanol–water partition coefficient (Wildman–Crippen LogP) is 5.21. The fraction of sp³-hybridized carbons (Fsp3) is 0.417. The number of fused-ring (bicyclic) bond motifs is 4. The molecule has 238 valence electrons. The first-order valence-electron chi connectivity index (χ1n) is 16.5. The lowest BCUT2D eigenvalue weighted by atomic mass is 9.70. The van der Waals surface area contributed by atoms with Crippen molar-refractivity contribution < 1.29 is 18.0 Å². The molecule has 0 spiro atoms. The highest BCUT2D eigenvalue weighted by Crippen LogP contribution is 2.45. The van der Waals surface area contributed by atoms with Gasteiger partial charge >= 0.3 is 0 Å². The van der Waals surface area contributed by atoms with E-state index in [-0.39, 0.29) is 21.8 Å². The van der Waals surface area contributed by atoms with Crippen LogP contribution in [0.5, 0.6) is 0 Å². The third kappa shape index (κ3) is 4.84. The summed E-state index contributed by atoms with van der Waals surface area (Å²) in [5.41, 5.74) is 4.00. The Morgan fingerprint density at radius 3 is 2.37 bits per heavy atom. The molecule has 0 aliphatic carbocycles. The quantitative estimate of drug-likeness (QED) is 0.311. The summed E-state index contributed by atoms with van der Waals surface area (Å²) < 4.78 is 29.3. The van der Waals surface area contributed by atoms with Gasteiger partial charge in [0.2, 0.25) is 0 Å². The van der Waals surface area contributed by atoms with Gasteiger partial charge in [-0.1, -0.05) is 42.5 Å². The Bertz CT molecular complexity index is 1930. The first kappa shape index (κ1) is 29.4. The largest absolute Gasteiger partial charge is 0.339 e. The fourth-order valence-electron chi connectivity index (χ4n) is 8.88. The van der Waals surface area contributed by atoms with Crippen molar-refractivity contribution >= 4 is 32.9 Å². The van der Waals surface area contributed by atoms with Crippen LogP contribution in [0.4, 0.5) is 0 Å². The Morgan fingerprint density at radius 1 is 0.935 bits per heavy atom. The molecule has 4 aliphatic rings. The number of rotatable bonds is 6. The van der Waals surface area contributed by atoms with Gasteiger partial charge in [-0.15, -0.1) is 0 Å². The number of imidazole rings is 1. The third-order valence-electron chi connectivity index (χ3n) is 11.2. The summed E-state index contributed by atoms with van der Waals surface area (Å²) in [6.45, 7) is 4.37. The van der Waals surface area contributed by atoms with Crippen molar-refractivity contribution in [2.24, 2.45) is 0 Å². The van der Waals surface area contributed by atoms with Gasteiger partial charge in [-0.3, -0.25) is 14.5 Å². The Balaban J connectivity index is 0.980. The topological polar surface area (TPSA) is 105 Å². The molecule has 3 atom stereocenters. The maximum atomic E-state index is 13.6. The zero-order valence-corrected chi connectivity index (χ0v) is 26.9. The molecule has 3 fully saturated rings. The second kappa shape index (κ2) is 11.1. The molecule has 0 unspecified atom stereocenters. The van der Waals surface area contributed by atoms with E-state index in [1.165, 1.54) is 36.1 Å². The van der Waals surface area contributed by atoms with Crippen molar-refractivity contribution in [3.63, 3.8) is 0 Å². The monoisotopic (exact) mass is 637 g/mol. The van der Waals surface area contributed by atoms with Crippen LogP contribution in [0.25, 0.3) is 11.0 Å². The number of benzene rings is 3. The van der Waals surface area contributed by atoms with Crippen molar-refractivity contribution in [2.45, 2.75) is 80.3 Å². The fourth-order valence-corrected chi connectivity index (χ4v) is 10.1. The van der Waals surface area contributed by atoms with E-state index in [2.05, 4.69) is 71.0 Å². The van der Waals surface area contributed by atoms with Crippen LogP contribution in [-0.4, -0.2) is 71.3 Å². The van der Waals surface area contributed by atoms with Gasteiger partial charge in [0.05, 0.1) is 16.6 Å². The third-order valence-corrected chi connectivity index (χ3v) is 12.6. The molecule has 3 saturated heterocycles. The van der Waals surface area contributed by atoms with Gasteiger partial charge in [-0.2, -0.15) is 0 Å². The molecular weight excluding hydrogens is 598 g/mol. The number of piperidine rings is 2. The summed E-state index contributed by atoms with van der Waals surface area (Å²) in [7, 11) is -3.93. The number of likely N-dealkylation sites (tertiary alicyclic amines) is 1. The SMILES string of the molecule is Cc1nc2ccccc2n1[C@H]1C[C@H]2CC[C@@H](C1)N2CCC1(c2ccccc2)CCN(C(=O)c2ccc3c(c2)S(=O)(=O)NC3=O)CC1. The highest BCUT2D eigenvalue weighted by atomic mass is 32.2. The summed E-state index contributed by atoms with van der Waals surface area (Å²) in [6, 6.07) is 25.2. The molecule has 2 amide bonds. The number of carbonyl (C=O) groups excluding carboxylic acids is 2. The van der Waals surface area contributed by atoms with E-state index in [0.29, 0.717) is 36.8 Å². The molecule has 9 nitrogen and oxygen atoms in total. The molecule has 4 aromatic rings. The van der Waals surface area contributed by atoms with Gasteiger partial charge in [-0.25, -0.2) is 18.1 Å². The number of amides is 2. The number of hydrogen-bond donors (Lipinski definition) is 1. The number of aromatic nitrogens is 2. The van der Waals surface area contributed by atoms with E-state index in [4.69, 9.17) is 4.98 Å². The number of sulfonamides is 1. The summed E-state index contributed by atoms with van der Waals surface area (Å²) in [6.07, 6.45) is 7.51. The lowest BCUT2D eigenvalue weighted by molar-refractivity contribution is 0.0606. The second-order valence-corrected chi connectivity index (χ2v) is 15.3. The van der Waals surface area contributed by atoms with E-state index in [9.17, 15) is 18.0 Å². The van der Waals surface area contributed by atoms with Gasteiger partial charge in [0.25, 0.3) is 21.8 Å². The Hall–Kier alpha value is -4.02. The van der Waals surface area contributed by atoms with E-state index >= 15 is 0 Å². The molecular formula is C36H39N5O4S. The van der Waals surface area contributed by atoms with Crippen LogP contribution in [-0.2, 0) is 15.4 Å². The zero-order valence-electron chi connectivity index (χ0n) is 26.1. The van der Waals surface area contributed by atoms with Gasteiger partial charge in [0.15, 0.2) is 0 Å². The standard InChI is InChI=1S/C36H39N5O4S/c1-24-37-31-9-5-6-10-32(31)41(24)29-22-27-12-13-28(23-29)40(27)20-17-36(26-7-3-2-4-8-26)15-18-39(19-16-36)35(43)25-11-14-30-33(21-25)46(44,45)38-34(30)42/h2-11,14,21,27-29H,12-13,15-20,22-23H2,1H3,(H,38,42)/t27-,28+,29+. The molecule has 2 bridgehead atoms. The Kier molecular flexibility index (Phi) is 7.06. The van der Waals surface area contributed by atoms with Crippen LogP contribution in [0.2, 0.25) is 0 Å². The summed E-state index contributed by atoms with van der Waals surface area (Å²) in [4.78, 5) is 35.0. The molecule has 0 radical (unpaired) electrons. The number of aryl methyl sites for hydroxylation is 1. The minimum Gasteiger partial charge on any atom is -0.339 e. The lowest BCUT2D eigenvalue weighted by Gasteiger charge is -2.45. The molecule has 1 N–H and O–H groups in total. The lowest BCUT2D eigenvalue weighted by Crippen LogP contribution is -2.49.